The zero-order valence-corrected chi connectivity index (χ0v) is 6.58. The largest absolute Gasteiger partial charge is 0.631 e. The van der Waals surface area contributed by atoms with Crippen LogP contribution >= 0.6 is 0 Å². The average Bonchev–Trinajstić information content (AvgIpc) is 2.05. The molecular formula is C6H10BNO4. The summed E-state index contributed by atoms with van der Waals surface area (Å²) in [6, 6.07) is 5.54. The lowest BCUT2D eigenvalue weighted by atomic mass is 10.3. The Balaban J connectivity index is 0.000000261. The minimum atomic E-state index is -2.17. The number of hydrogen-bond donors (Lipinski definition) is 3. The maximum atomic E-state index is 7.17. The predicted molar refractivity (Wildman–Crippen MR) is 43.2 cm³/mol. The minimum Gasteiger partial charge on any atom is -0.481 e. The Bertz CT molecular complexity index is 191. The zero-order chi connectivity index (χ0) is 9.40. The van der Waals surface area contributed by atoms with Crippen molar-refractivity contribution in [2.45, 2.75) is 0 Å². The molecule has 5 nitrogen and oxygen atoms in total. The van der Waals surface area contributed by atoms with Crippen LogP contribution in [0.1, 0.15) is 0 Å². The van der Waals surface area contributed by atoms with Gasteiger partial charge in [0.2, 0.25) is 5.88 Å². The summed E-state index contributed by atoms with van der Waals surface area (Å²) < 4.78 is 4.80. The Morgan fingerprint density at radius 3 is 2.17 bits per heavy atom. The minimum absolute atomic E-state index is 0.660. The number of methoxy groups -OCH3 is 1. The van der Waals surface area contributed by atoms with E-state index in [1.165, 1.54) is 0 Å². The van der Waals surface area contributed by atoms with Crippen molar-refractivity contribution in [3.63, 3.8) is 0 Å². The van der Waals surface area contributed by atoms with E-state index in [4.69, 9.17) is 19.8 Å². The number of aromatic nitrogens is 1. The molecule has 0 aliphatic heterocycles. The van der Waals surface area contributed by atoms with Crippen molar-refractivity contribution < 1.29 is 19.8 Å². The zero-order valence-electron chi connectivity index (χ0n) is 6.58. The first-order chi connectivity index (χ1) is 5.66. The molecule has 0 saturated carbocycles. The standard InChI is InChI=1S/C6H7NO.BH3O3/c1-8-6-4-2-3-5-7-6;2-1(3)4/h2-5H,1H3;2-4H. The van der Waals surface area contributed by atoms with Gasteiger partial charge in [0.05, 0.1) is 7.11 Å². The molecule has 1 heterocycles. The number of nitrogens with zero attached hydrogens (tertiary/aromatic N) is 1. The van der Waals surface area contributed by atoms with Crippen molar-refractivity contribution in [2.75, 3.05) is 7.11 Å². The Morgan fingerprint density at radius 2 is 1.92 bits per heavy atom. The number of hydrogen-bond acceptors (Lipinski definition) is 5. The van der Waals surface area contributed by atoms with Crippen LogP contribution in [0.3, 0.4) is 0 Å². The van der Waals surface area contributed by atoms with Crippen molar-refractivity contribution in [1.29, 1.82) is 0 Å². The van der Waals surface area contributed by atoms with Gasteiger partial charge in [0, 0.05) is 12.3 Å². The highest BCUT2D eigenvalue weighted by molar-refractivity contribution is 6.30. The van der Waals surface area contributed by atoms with Crippen LogP contribution in [-0.4, -0.2) is 34.5 Å². The van der Waals surface area contributed by atoms with Gasteiger partial charge in [-0.1, -0.05) is 6.07 Å². The van der Waals surface area contributed by atoms with E-state index >= 15 is 0 Å². The molecular weight excluding hydrogens is 161 g/mol. The van der Waals surface area contributed by atoms with Crippen LogP contribution in [0.15, 0.2) is 24.4 Å². The summed E-state index contributed by atoms with van der Waals surface area (Å²) in [7, 11) is -0.567. The highest BCUT2D eigenvalue weighted by atomic mass is 16.5. The first-order valence-electron chi connectivity index (χ1n) is 3.16. The molecule has 0 aromatic carbocycles. The summed E-state index contributed by atoms with van der Waals surface area (Å²) in [5, 5.41) is 21.5. The lowest BCUT2D eigenvalue weighted by Crippen LogP contribution is -2.07. The lowest BCUT2D eigenvalue weighted by molar-refractivity contribution is 0.278. The molecule has 3 N–H and O–H groups in total. The molecule has 0 aliphatic carbocycles. The quantitative estimate of drug-likeness (QED) is 0.474. The van der Waals surface area contributed by atoms with Gasteiger partial charge in [-0.3, -0.25) is 0 Å². The molecule has 0 amide bonds. The van der Waals surface area contributed by atoms with Crippen LogP contribution in [-0.2, 0) is 0 Å². The van der Waals surface area contributed by atoms with Gasteiger partial charge >= 0.3 is 7.32 Å². The highest BCUT2D eigenvalue weighted by Crippen LogP contribution is 1.99. The summed E-state index contributed by atoms with van der Waals surface area (Å²) in [4.78, 5) is 3.88. The number of pyridine rings is 1. The highest BCUT2D eigenvalue weighted by Gasteiger charge is 1.92. The van der Waals surface area contributed by atoms with Gasteiger partial charge in [-0.05, 0) is 6.07 Å². The maximum absolute atomic E-state index is 7.17. The second-order valence-corrected chi connectivity index (χ2v) is 1.72. The lowest BCUT2D eigenvalue weighted by Gasteiger charge is -1.92. The molecule has 0 atom stereocenters. The van der Waals surface area contributed by atoms with Gasteiger partial charge in [0.1, 0.15) is 0 Å². The van der Waals surface area contributed by atoms with Gasteiger partial charge in [-0.2, -0.15) is 0 Å². The van der Waals surface area contributed by atoms with Crippen molar-refractivity contribution in [3.05, 3.63) is 24.4 Å². The van der Waals surface area contributed by atoms with Crippen molar-refractivity contribution in [3.8, 4) is 5.88 Å². The van der Waals surface area contributed by atoms with E-state index in [1.54, 1.807) is 19.4 Å². The molecule has 0 unspecified atom stereocenters. The summed E-state index contributed by atoms with van der Waals surface area (Å²) in [5.74, 6) is 0.660. The molecule has 0 spiro atoms. The second kappa shape index (κ2) is 6.60. The third-order valence-electron chi connectivity index (χ3n) is 0.847. The van der Waals surface area contributed by atoms with Crippen molar-refractivity contribution in [1.82, 2.24) is 4.98 Å². The van der Waals surface area contributed by atoms with Crippen LogP contribution < -0.4 is 4.74 Å². The maximum Gasteiger partial charge on any atom is 0.631 e. The first-order valence-corrected chi connectivity index (χ1v) is 3.16. The molecule has 0 fully saturated rings. The molecule has 12 heavy (non-hydrogen) atoms. The Labute approximate surface area is 70.4 Å². The van der Waals surface area contributed by atoms with Gasteiger partial charge in [0.15, 0.2) is 0 Å². The molecule has 0 bridgehead atoms. The normalized spacial score (nSPS) is 8.00. The smallest absolute Gasteiger partial charge is 0.481 e. The summed E-state index contributed by atoms with van der Waals surface area (Å²) in [6.07, 6.45) is 1.69. The Hall–Kier alpha value is -1.11. The third-order valence-corrected chi connectivity index (χ3v) is 0.847. The average molecular weight is 171 g/mol. The van der Waals surface area contributed by atoms with Crippen molar-refractivity contribution >= 4 is 7.32 Å². The van der Waals surface area contributed by atoms with Crippen LogP contribution in [0.2, 0.25) is 0 Å². The molecule has 1 rings (SSSR count). The second-order valence-electron chi connectivity index (χ2n) is 1.72. The molecule has 6 heteroatoms. The SMILES string of the molecule is COc1ccccn1.OB(O)O. The monoisotopic (exact) mass is 171 g/mol. The summed E-state index contributed by atoms with van der Waals surface area (Å²) in [6.45, 7) is 0. The van der Waals surface area contributed by atoms with E-state index < -0.39 is 7.32 Å². The Kier molecular flexibility index (Phi) is 5.99. The van der Waals surface area contributed by atoms with Gasteiger partial charge in [-0.25, -0.2) is 4.98 Å². The van der Waals surface area contributed by atoms with E-state index in [9.17, 15) is 0 Å². The van der Waals surface area contributed by atoms with Crippen LogP contribution in [0.25, 0.3) is 0 Å². The summed E-state index contributed by atoms with van der Waals surface area (Å²) in [5.41, 5.74) is 0. The van der Waals surface area contributed by atoms with Crippen LogP contribution in [0.5, 0.6) is 5.88 Å². The topological polar surface area (TPSA) is 82.8 Å². The predicted octanol–water partition coefficient (Wildman–Crippen LogP) is -0.962. The number of ether oxygens (including phenoxy) is 1. The van der Waals surface area contributed by atoms with Gasteiger partial charge in [0.25, 0.3) is 0 Å². The molecule has 1 aromatic rings. The van der Waals surface area contributed by atoms with E-state index in [1.807, 2.05) is 12.1 Å². The van der Waals surface area contributed by atoms with Gasteiger partial charge in [-0.15, -0.1) is 0 Å². The molecule has 0 radical (unpaired) electrons. The van der Waals surface area contributed by atoms with Gasteiger partial charge < -0.3 is 19.8 Å². The fraction of sp³-hybridized carbons (Fsp3) is 0.167. The van der Waals surface area contributed by atoms with E-state index in [2.05, 4.69) is 4.98 Å². The molecule has 1 aromatic heterocycles. The molecule has 0 aliphatic rings. The summed E-state index contributed by atoms with van der Waals surface area (Å²) >= 11 is 0. The fourth-order valence-electron chi connectivity index (χ4n) is 0.468. The van der Waals surface area contributed by atoms with Crippen LogP contribution in [0.4, 0.5) is 0 Å². The molecule has 0 saturated heterocycles. The third kappa shape index (κ3) is 7.01. The van der Waals surface area contributed by atoms with E-state index in [-0.39, 0.29) is 0 Å². The number of rotatable bonds is 1. The fourth-order valence-corrected chi connectivity index (χ4v) is 0.468. The molecule has 66 valence electrons. The first kappa shape index (κ1) is 10.9. The van der Waals surface area contributed by atoms with Crippen molar-refractivity contribution in [2.24, 2.45) is 0 Å². The van der Waals surface area contributed by atoms with E-state index in [0.29, 0.717) is 5.88 Å². The Morgan fingerprint density at radius 1 is 1.33 bits per heavy atom. The van der Waals surface area contributed by atoms with Crippen LogP contribution in [0, 0.1) is 0 Å². The van der Waals surface area contributed by atoms with E-state index in [0.717, 1.165) is 0 Å².